The van der Waals surface area contributed by atoms with Crippen molar-refractivity contribution in [3.63, 3.8) is 0 Å². The van der Waals surface area contributed by atoms with Crippen LogP contribution >= 0.6 is 0 Å². The van der Waals surface area contributed by atoms with E-state index < -0.39 is 5.60 Å². The standard InChI is InChI=1S/C20H35NO4/c1-6-9-16(7-2)10-11-18(22)24-17-12-14-21(15-13-17)19(23)25-20(4,5)8-3/h6,16-17H,1,7-15H2,2-5H3. The first kappa shape index (κ1) is 21.5. The fraction of sp³-hybridized carbons (Fsp3) is 0.800. The van der Waals surface area contributed by atoms with E-state index in [0.29, 0.717) is 38.3 Å². The van der Waals surface area contributed by atoms with Crippen LogP contribution in [0.15, 0.2) is 12.7 Å². The number of esters is 1. The molecule has 5 nitrogen and oxygen atoms in total. The molecule has 0 N–H and O–H groups in total. The van der Waals surface area contributed by atoms with Gasteiger partial charge in [0.15, 0.2) is 0 Å². The minimum atomic E-state index is -0.443. The van der Waals surface area contributed by atoms with Crippen LogP contribution in [0.1, 0.15) is 72.6 Å². The minimum absolute atomic E-state index is 0.0878. The Bertz CT molecular complexity index is 439. The maximum absolute atomic E-state index is 12.2. The Balaban J connectivity index is 2.31. The van der Waals surface area contributed by atoms with Gasteiger partial charge in [0.1, 0.15) is 11.7 Å². The van der Waals surface area contributed by atoms with E-state index in [4.69, 9.17) is 9.47 Å². The molecule has 1 atom stereocenters. The Kier molecular flexibility index (Phi) is 9.01. The summed E-state index contributed by atoms with van der Waals surface area (Å²) in [6, 6.07) is 0. The second-order valence-electron chi connectivity index (χ2n) is 7.49. The highest BCUT2D eigenvalue weighted by Gasteiger charge is 2.29. The van der Waals surface area contributed by atoms with Crippen LogP contribution in [-0.2, 0) is 14.3 Å². The number of nitrogens with zero attached hydrogens (tertiary/aromatic N) is 1. The molecule has 1 saturated heterocycles. The van der Waals surface area contributed by atoms with Crippen molar-refractivity contribution in [3.8, 4) is 0 Å². The van der Waals surface area contributed by atoms with E-state index in [1.54, 1.807) is 4.90 Å². The molecule has 1 amide bonds. The first-order chi connectivity index (χ1) is 11.8. The molecule has 0 aromatic heterocycles. The van der Waals surface area contributed by atoms with Crippen LogP contribution in [-0.4, -0.2) is 41.8 Å². The molecule has 0 aromatic rings. The van der Waals surface area contributed by atoms with E-state index in [9.17, 15) is 9.59 Å². The number of ether oxygens (including phenoxy) is 2. The predicted octanol–water partition coefficient (Wildman–Crippen LogP) is 4.70. The molecule has 144 valence electrons. The highest BCUT2D eigenvalue weighted by Crippen LogP contribution is 2.21. The van der Waals surface area contributed by atoms with Gasteiger partial charge in [-0.25, -0.2) is 4.79 Å². The summed E-state index contributed by atoms with van der Waals surface area (Å²) in [4.78, 5) is 25.9. The third-order valence-electron chi connectivity index (χ3n) is 5.05. The summed E-state index contributed by atoms with van der Waals surface area (Å²) in [5, 5.41) is 0. The molecular formula is C20H35NO4. The molecule has 0 aliphatic carbocycles. The average Bonchev–Trinajstić information content (AvgIpc) is 2.58. The van der Waals surface area contributed by atoms with E-state index in [-0.39, 0.29) is 18.2 Å². The van der Waals surface area contributed by atoms with Crippen LogP contribution in [0, 0.1) is 5.92 Å². The van der Waals surface area contributed by atoms with Crippen molar-refractivity contribution in [3.05, 3.63) is 12.7 Å². The number of allylic oxidation sites excluding steroid dienone is 1. The van der Waals surface area contributed by atoms with Crippen molar-refractivity contribution in [2.45, 2.75) is 84.3 Å². The number of rotatable bonds is 9. The lowest BCUT2D eigenvalue weighted by atomic mass is 9.97. The second kappa shape index (κ2) is 10.5. The molecule has 1 heterocycles. The first-order valence-electron chi connectivity index (χ1n) is 9.59. The van der Waals surface area contributed by atoms with Gasteiger partial charge in [-0.3, -0.25) is 4.79 Å². The van der Waals surface area contributed by atoms with E-state index in [2.05, 4.69) is 13.5 Å². The Hall–Kier alpha value is -1.52. The summed E-state index contributed by atoms with van der Waals surface area (Å²) in [6.45, 7) is 12.9. The zero-order chi connectivity index (χ0) is 18.9. The summed E-state index contributed by atoms with van der Waals surface area (Å²) < 4.78 is 11.1. The lowest BCUT2D eigenvalue weighted by Gasteiger charge is -2.34. The molecule has 1 aliphatic rings. The Morgan fingerprint density at radius 2 is 1.92 bits per heavy atom. The molecule has 1 aliphatic heterocycles. The van der Waals surface area contributed by atoms with Crippen molar-refractivity contribution in [1.82, 2.24) is 4.90 Å². The van der Waals surface area contributed by atoms with Gasteiger partial charge in [0.2, 0.25) is 0 Å². The van der Waals surface area contributed by atoms with E-state index in [1.165, 1.54) is 0 Å². The predicted molar refractivity (Wildman–Crippen MR) is 99.4 cm³/mol. The van der Waals surface area contributed by atoms with Gasteiger partial charge < -0.3 is 14.4 Å². The van der Waals surface area contributed by atoms with Crippen LogP contribution < -0.4 is 0 Å². The molecule has 0 aromatic carbocycles. The quantitative estimate of drug-likeness (QED) is 0.445. The largest absolute Gasteiger partial charge is 0.462 e. The number of carbonyl (C=O) groups excluding carboxylic acids is 2. The minimum Gasteiger partial charge on any atom is -0.462 e. The lowest BCUT2D eigenvalue weighted by molar-refractivity contribution is -0.151. The van der Waals surface area contributed by atoms with Gasteiger partial charge in [-0.15, -0.1) is 6.58 Å². The molecule has 1 unspecified atom stereocenters. The van der Waals surface area contributed by atoms with Gasteiger partial charge in [-0.05, 0) is 39.0 Å². The maximum Gasteiger partial charge on any atom is 0.410 e. The summed E-state index contributed by atoms with van der Waals surface area (Å²) in [7, 11) is 0. The number of likely N-dealkylation sites (tertiary alicyclic amines) is 1. The van der Waals surface area contributed by atoms with Crippen molar-refractivity contribution >= 4 is 12.1 Å². The molecule has 0 bridgehead atoms. The first-order valence-corrected chi connectivity index (χ1v) is 9.59. The average molecular weight is 354 g/mol. The van der Waals surface area contributed by atoms with Gasteiger partial charge in [0, 0.05) is 32.4 Å². The highest BCUT2D eigenvalue weighted by molar-refractivity contribution is 5.70. The summed E-state index contributed by atoms with van der Waals surface area (Å²) in [5.41, 5.74) is -0.443. The second-order valence-corrected chi connectivity index (χ2v) is 7.49. The van der Waals surface area contributed by atoms with Crippen molar-refractivity contribution in [1.29, 1.82) is 0 Å². The lowest BCUT2D eigenvalue weighted by Crippen LogP contribution is -2.44. The smallest absolute Gasteiger partial charge is 0.410 e. The van der Waals surface area contributed by atoms with Crippen LogP contribution in [0.3, 0.4) is 0 Å². The fourth-order valence-corrected chi connectivity index (χ4v) is 2.82. The molecule has 0 spiro atoms. The Morgan fingerprint density at radius 1 is 1.28 bits per heavy atom. The third-order valence-corrected chi connectivity index (χ3v) is 5.05. The van der Waals surface area contributed by atoms with E-state index in [0.717, 1.165) is 25.7 Å². The van der Waals surface area contributed by atoms with Crippen LogP contribution in [0.4, 0.5) is 4.79 Å². The third kappa shape index (κ3) is 7.93. The summed E-state index contributed by atoms with van der Waals surface area (Å²) in [5.74, 6) is 0.374. The Morgan fingerprint density at radius 3 is 2.44 bits per heavy atom. The molecule has 25 heavy (non-hydrogen) atoms. The SMILES string of the molecule is C=CCC(CC)CCC(=O)OC1CCN(C(=O)OC(C)(C)CC)CC1. The number of hydrogen-bond acceptors (Lipinski definition) is 4. The van der Waals surface area contributed by atoms with E-state index >= 15 is 0 Å². The van der Waals surface area contributed by atoms with Crippen molar-refractivity contribution < 1.29 is 19.1 Å². The molecule has 0 radical (unpaired) electrons. The molecule has 1 fully saturated rings. The maximum atomic E-state index is 12.2. The zero-order valence-corrected chi connectivity index (χ0v) is 16.4. The monoisotopic (exact) mass is 353 g/mol. The van der Waals surface area contributed by atoms with Gasteiger partial charge in [0.25, 0.3) is 0 Å². The Labute approximate surface area is 152 Å². The van der Waals surface area contributed by atoms with E-state index in [1.807, 2.05) is 26.8 Å². The molecule has 0 saturated carbocycles. The van der Waals surface area contributed by atoms with Gasteiger partial charge in [0.05, 0.1) is 0 Å². The van der Waals surface area contributed by atoms with Crippen LogP contribution in [0.25, 0.3) is 0 Å². The number of hydrogen-bond donors (Lipinski definition) is 0. The zero-order valence-electron chi connectivity index (χ0n) is 16.4. The molecule has 1 rings (SSSR count). The fourth-order valence-electron chi connectivity index (χ4n) is 2.82. The topological polar surface area (TPSA) is 55.8 Å². The molecular weight excluding hydrogens is 318 g/mol. The number of carbonyl (C=O) groups is 2. The molecule has 5 heteroatoms. The van der Waals surface area contributed by atoms with Gasteiger partial charge in [-0.1, -0.05) is 26.3 Å². The van der Waals surface area contributed by atoms with Crippen LogP contribution in [0.5, 0.6) is 0 Å². The number of piperidine rings is 1. The van der Waals surface area contributed by atoms with Crippen molar-refractivity contribution in [2.24, 2.45) is 5.92 Å². The van der Waals surface area contributed by atoms with Gasteiger partial charge >= 0.3 is 12.1 Å². The summed E-state index contributed by atoms with van der Waals surface area (Å²) >= 11 is 0. The van der Waals surface area contributed by atoms with Crippen LogP contribution in [0.2, 0.25) is 0 Å². The normalized spacial score (nSPS) is 17.0. The number of amides is 1. The summed E-state index contributed by atoms with van der Waals surface area (Å²) in [6.07, 6.45) is 6.98. The van der Waals surface area contributed by atoms with Crippen molar-refractivity contribution in [2.75, 3.05) is 13.1 Å². The van der Waals surface area contributed by atoms with Gasteiger partial charge in [-0.2, -0.15) is 0 Å². The highest BCUT2D eigenvalue weighted by atomic mass is 16.6.